The predicted molar refractivity (Wildman–Crippen MR) is 113 cm³/mol. The first kappa shape index (κ1) is 22.2. The molecular weight excluding hydrogens is 562 g/mol. The van der Waals surface area contributed by atoms with Gasteiger partial charge in [-0.25, -0.2) is 0 Å². The molecule has 2 unspecified atom stereocenters. The van der Waals surface area contributed by atoms with Gasteiger partial charge in [-0.05, 0) is 0 Å². The van der Waals surface area contributed by atoms with E-state index in [-0.39, 0.29) is 24.8 Å². The second kappa shape index (κ2) is 9.51. The van der Waals surface area contributed by atoms with Crippen molar-refractivity contribution in [1.29, 1.82) is 0 Å². The van der Waals surface area contributed by atoms with Gasteiger partial charge in [0, 0.05) is 0 Å². The molecule has 0 bridgehead atoms. The van der Waals surface area contributed by atoms with E-state index in [2.05, 4.69) is 110 Å². The van der Waals surface area contributed by atoms with Gasteiger partial charge >= 0.3 is 169 Å². The normalized spacial score (nSPS) is 17.4. The van der Waals surface area contributed by atoms with Gasteiger partial charge in [-0.15, -0.1) is 0 Å². The molecule has 5 rings (SSSR count). The van der Waals surface area contributed by atoms with Crippen LogP contribution in [0.2, 0.25) is 0 Å². The van der Waals surface area contributed by atoms with Gasteiger partial charge in [0.1, 0.15) is 0 Å². The zero-order valence-corrected chi connectivity index (χ0v) is 21.3. The third-order valence-corrected chi connectivity index (χ3v) is 18.5. The van der Waals surface area contributed by atoms with Crippen LogP contribution in [0.5, 0.6) is 0 Å². The molecule has 0 nitrogen and oxygen atoms in total. The molecule has 0 heterocycles. The number of halogens is 2. The molecule has 0 saturated carbocycles. The number of benzene rings is 3. The fraction of sp³-hybridized carbons (Fsp3) is 0.115. The quantitative estimate of drug-likeness (QED) is 0.392. The van der Waals surface area contributed by atoms with Crippen molar-refractivity contribution in [2.75, 3.05) is 0 Å². The van der Waals surface area contributed by atoms with Crippen LogP contribution in [-0.2, 0) is 21.0 Å². The van der Waals surface area contributed by atoms with Crippen LogP contribution >= 0.6 is 0 Å². The average Bonchev–Trinajstić information content (AvgIpc) is 3.34. The monoisotopic (exact) mass is 584 g/mol. The molecule has 144 valence electrons. The Morgan fingerprint density at radius 3 is 1.59 bits per heavy atom. The predicted octanol–water partition coefficient (Wildman–Crippen LogP) is 0.389. The Hall–Kier alpha value is -1.54. The van der Waals surface area contributed by atoms with E-state index in [0.29, 0.717) is 7.35 Å². The average molecular weight is 584 g/mol. The molecule has 0 amide bonds. The molecule has 3 aromatic carbocycles. The summed E-state index contributed by atoms with van der Waals surface area (Å²) in [4.78, 5) is 0. The van der Waals surface area contributed by atoms with Gasteiger partial charge in [0.25, 0.3) is 0 Å². The van der Waals surface area contributed by atoms with E-state index in [1.165, 1.54) is 16.7 Å². The third kappa shape index (κ3) is 4.06. The van der Waals surface area contributed by atoms with E-state index < -0.39 is 21.0 Å². The van der Waals surface area contributed by atoms with Crippen LogP contribution in [0.15, 0.2) is 91.0 Å². The molecule has 3 aromatic rings. The fourth-order valence-corrected chi connectivity index (χ4v) is 17.6. The Morgan fingerprint density at radius 1 is 0.621 bits per heavy atom. The molecule has 0 spiro atoms. The Morgan fingerprint density at radius 2 is 1.07 bits per heavy atom. The summed E-state index contributed by atoms with van der Waals surface area (Å²) < 4.78 is 2.91. The van der Waals surface area contributed by atoms with E-state index in [9.17, 15) is 0 Å². The van der Waals surface area contributed by atoms with Gasteiger partial charge < -0.3 is 24.8 Å². The van der Waals surface area contributed by atoms with Crippen LogP contribution in [0.4, 0.5) is 0 Å². The molecule has 2 aliphatic carbocycles. The largest absolute Gasteiger partial charge is 1.00 e. The van der Waals surface area contributed by atoms with Gasteiger partial charge in [-0.1, -0.05) is 0 Å². The number of fused-ring (bicyclic) bond motifs is 2. The summed E-state index contributed by atoms with van der Waals surface area (Å²) in [6.45, 7) is 2.42. The summed E-state index contributed by atoms with van der Waals surface area (Å²) in [5.74, 6) is 0. The van der Waals surface area contributed by atoms with Crippen molar-refractivity contribution in [2.45, 2.75) is 14.3 Å². The van der Waals surface area contributed by atoms with Gasteiger partial charge in [-0.2, -0.15) is 0 Å². The van der Waals surface area contributed by atoms with Crippen LogP contribution in [0.3, 0.4) is 0 Å². The van der Waals surface area contributed by atoms with E-state index in [1.807, 2.05) is 0 Å². The Labute approximate surface area is 193 Å². The standard InChI is InChI=1S/2C9H7.C8H8.2ClH.Hf/c2*1-2-5-9-7-3-6-8(9)4-1;1-2-8-6-4-3-5-7-8;;;/h2*1-7H;3-7H,1H3;2*1H;/q;;;;;+2/p-2. The molecule has 0 aromatic heterocycles. The van der Waals surface area contributed by atoms with Crippen LogP contribution in [-0.4, -0.2) is 3.26 Å². The zero-order chi connectivity index (χ0) is 18.2. The minimum Gasteiger partial charge on any atom is -1.00 e. The molecular formula is C26H22Cl2Hf. The zero-order valence-electron chi connectivity index (χ0n) is 16.2. The number of hydrogen-bond acceptors (Lipinski definition) is 0. The molecule has 0 radical (unpaired) electrons. The summed E-state index contributed by atoms with van der Waals surface area (Å²) in [5, 5.41) is 0. The summed E-state index contributed by atoms with van der Waals surface area (Å²) in [7, 11) is 0. The van der Waals surface area contributed by atoms with E-state index in [1.54, 1.807) is 14.4 Å². The molecule has 2 aliphatic rings. The third-order valence-electron chi connectivity index (χ3n) is 5.91. The first-order chi connectivity index (χ1) is 13.3. The Balaban J connectivity index is 0.00000120. The van der Waals surface area contributed by atoms with Crippen molar-refractivity contribution in [2.24, 2.45) is 0 Å². The van der Waals surface area contributed by atoms with E-state index in [0.717, 1.165) is 0 Å². The van der Waals surface area contributed by atoms with E-state index in [4.69, 9.17) is 0 Å². The van der Waals surface area contributed by atoms with Crippen LogP contribution < -0.4 is 24.8 Å². The number of allylic oxidation sites excluding steroid dienone is 2. The topological polar surface area (TPSA) is 0 Å². The Kier molecular flexibility index (Phi) is 7.27. The molecule has 0 saturated heterocycles. The van der Waals surface area contributed by atoms with Crippen molar-refractivity contribution in [1.82, 2.24) is 0 Å². The van der Waals surface area contributed by atoms with E-state index >= 15 is 0 Å². The van der Waals surface area contributed by atoms with Gasteiger partial charge in [-0.3, -0.25) is 0 Å². The maximum Gasteiger partial charge on any atom is -1.00 e. The smallest absolute Gasteiger partial charge is 1.00 e. The minimum atomic E-state index is -2.35. The second-order valence-corrected chi connectivity index (χ2v) is 17.8. The van der Waals surface area contributed by atoms with Crippen LogP contribution in [0.1, 0.15) is 42.1 Å². The van der Waals surface area contributed by atoms with Crippen molar-refractivity contribution in [3.05, 3.63) is 119 Å². The first-order valence-corrected chi connectivity index (χ1v) is 15.6. The maximum atomic E-state index is 2.51. The van der Waals surface area contributed by atoms with Gasteiger partial charge in [0.05, 0.1) is 0 Å². The molecule has 2 atom stereocenters. The molecule has 0 aliphatic heterocycles. The first-order valence-electron chi connectivity index (χ1n) is 9.63. The maximum absolute atomic E-state index is 2.51. The van der Waals surface area contributed by atoms with Crippen molar-refractivity contribution < 1.29 is 45.8 Å². The van der Waals surface area contributed by atoms with Gasteiger partial charge in [0.15, 0.2) is 0 Å². The van der Waals surface area contributed by atoms with Crippen molar-refractivity contribution in [3.8, 4) is 0 Å². The van der Waals surface area contributed by atoms with Crippen molar-refractivity contribution >= 4 is 15.4 Å². The SMILES string of the molecule is C[C](c1ccccc1)=[Hf+2]([CH]1C=Cc2ccccc21)[CH]1C=Cc2ccccc21.[Cl-].[Cl-]. The minimum absolute atomic E-state index is 0. The second-order valence-electron chi connectivity index (χ2n) is 7.38. The van der Waals surface area contributed by atoms with Crippen LogP contribution in [0.25, 0.3) is 12.2 Å². The summed E-state index contributed by atoms with van der Waals surface area (Å²) in [6.07, 6.45) is 9.73. The number of hydrogen-bond donors (Lipinski definition) is 0. The summed E-state index contributed by atoms with van der Waals surface area (Å²) in [6, 6.07) is 29.1. The summed E-state index contributed by atoms with van der Waals surface area (Å²) in [5.41, 5.74) is 7.37. The number of rotatable bonds is 3. The Bertz CT molecular complexity index is 1030. The molecule has 29 heavy (non-hydrogen) atoms. The fourth-order valence-electron chi connectivity index (χ4n) is 4.56. The molecule has 0 N–H and O–H groups in total. The summed E-state index contributed by atoms with van der Waals surface area (Å²) >= 11 is -2.35. The van der Waals surface area contributed by atoms with Crippen LogP contribution in [0, 0.1) is 0 Å². The molecule has 3 heteroatoms. The van der Waals surface area contributed by atoms with Crippen molar-refractivity contribution in [3.63, 3.8) is 0 Å². The van der Waals surface area contributed by atoms with Gasteiger partial charge in [0.2, 0.25) is 0 Å². The molecule has 0 fully saturated rings.